The normalized spacial score (nSPS) is 11.2. The topological polar surface area (TPSA) is 95.4 Å². The molecule has 1 aromatic rings. The van der Waals surface area contributed by atoms with Crippen molar-refractivity contribution in [2.45, 2.75) is 6.54 Å². The Kier molecular flexibility index (Phi) is 2.86. The van der Waals surface area contributed by atoms with Crippen LogP contribution >= 0.6 is 0 Å². The lowest BCUT2D eigenvalue weighted by Crippen LogP contribution is -2.20. The minimum atomic E-state index is -3.97. The van der Waals surface area contributed by atoms with Crippen LogP contribution in [0.4, 0.5) is 0 Å². The van der Waals surface area contributed by atoms with Crippen LogP contribution in [0.5, 0.6) is 5.75 Å². The minimum absolute atomic E-state index is 0.174. The quantitative estimate of drug-likeness (QED) is 0.705. The minimum Gasteiger partial charge on any atom is -0.371 e. The van der Waals surface area contributed by atoms with Gasteiger partial charge in [-0.3, -0.25) is 0 Å². The number of hydrogen-bond acceptors (Lipinski definition) is 4. The van der Waals surface area contributed by atoms with Gasteiger partial charge >= 0.3 is 10.3 Å². The summed E-state index contributed by atoms with van der Waals surface area (Å²) in [7, 11) is -3.97. The summed E-state index contributed by atoms with van der Waals surface area (Å²) in [4.78, 5) is 0. The summed E-state index contributed by atoms with van der Waals surface area (Å²) in [5.41, 5.74) is 5.95. The van der Waals surface area contributed by atoms with E-state index in [0.29, 0.717) is 5.56 Å². The van der Waals surface area contributed by atoms with Crippen LogP contribution in [0.1, 0.15) is 5.56 Å². The zero-order valence-corrected chi connectivity index (χ0v) is 7.62. The first kappa shape index (κ1) is 9.97. The van der Waals surface area contributed by atoms with Crippen molar-refractivity contribution in [1.29, 1.82) is 0 Å². The summed E-state index contributed by atoms with van der Waals surface area (Å²) in [5.74, 6) is 0.174. The molecule has 0 spiro atoms. The van der Waals surface area contributed by atoms with Crippen molar-refractivity contribution in [2.24, 2.45) is 10.9 Å². The fraction of sp³-hybridized carbons (Fsp3) is 0.143. The monoisotopic (exact) mass is 202 g/mol. The van der Waals surface area contributed by atoms with E-state index >= 15 is 0 Å². The predicted molar refractivity (Wildman–Crippen MR) is 48.1 cm³/mol. The molecule has 0 bridgehead atoms. The summed E-state index contributed by atoms with van der Waals surface area (Å²) < 4.78 is 25.7. The molecule has 1 aromatic carbocycles. The van der Waals surface area contributed by atoms with Gasteiger partial charge in [0.1, 0.15) is 5.75 Å². The SMILES string of the molecule is NCc1ccccc1OS(N)(=O)=O. The molecule has 0 radical (unpaired) electrons. The number of para-hydroxylation sites is 1. The second-order valence-electron chi connectivity index (χ2n) is 2.39. The molecular weight excluding hydrogens is 192 g/mol. The largest absolute Gasteiger partial charge is 0.380 e. The molecule has 0 amide bonds. The van der Waals surface area contributed by atoms with E-state index in [-0.39, 0.29) is 12.3 Å². The Morgan fingerprint density at radius 1 is 1.31 bits per heavy atom. The van der Waals surface area contributed by atoms with Gasteiger partial charge in [0.05, 0.1) is 0 Å². The third-order valence-electron chi connectivity index (χ3n) is 1.40. The summed E-state index contributed by atoms with van der Waals surface area (Å²) in [6.07, 6.45) is 0. The van der Waals surface area contributed by atoms with E-state index in [9.17, 15) is 8.42 Å². The van der Waals surface area contributed by atoms with Crippen LogP contribution in [0, 0.1) is 0 Å². The van der Waals surface area contributed by atoms with Gasteiger partial charge in [-0.15, -0.1) is 0 Å². The van der Waals surface area contributed by atoms with Gasteiger partial charge in [-0.05, 0) is 6.07 Å². The molecule has 0 heterocycles. The van der Waals surface area contributed by atoms with E-state index in [1.54, 1.807) is 18.2 Å². The van der Waals surface area contributed by atoms with Gasteiger partial charge in [-0.1, -0.05) is 18.2 Å². The highest BCUT2D eigenvalue weighted by molar-refractivity contribution is 7.84. The average Bonchev–Trinajstić information content (AvgIpc) is 2.02. The first-order valence-electron chi connectivity index (χ1n) is 3.53. The fourth-order valence-electron chi connectivity index (χ4n) is 0.879. The molecule has 6 heteroatoms. The number of benzene rings is 1. The lowest BCUT2D eigenvalue weighted by molar-refractivity contribution is 0.484. The Morgan fingerprint density at radius 2 is 1.92 bits per heavy atom. The maximum atomic E-state index is 10.6. The van der Waals surface area contributed by atoms with Crippen molar-refractivity contribution in [3.05, 3.63) is 29.8 Å². The molecule has 72 valence electrons. The Bertz CT molecular complexity index is 388. The molecule has 13 heavy (non-hydrogen) atoms. The first-order valence-corrected chi connectivity index (χ1v) is 5.00. The molecule has 0 aliphatic rings. The third kappa shape index (κ3) is 3.02. The van der Waals surface area contributed by atoms with Crippen LogP contribution in [0.3, 0.4) is 0 Å². The summed E-state index contributed by atoms with van der Waals surface area (Å²) in [5, 5.41) is 4.70. The zero-order chi connectivity index (χ0) is 9.90. The molecule has 0 saturated carbocycles. The van der Waals surface area contributed by atoms with Crippen molar-refractivity contribution < 1.29 is 12.6 Å². The number of nitrogens with two attached hydrogens (primary N) is 2. The van der Waals surface area contributed by atoms with Gasteiger partial charge < -0.3 is 9.92 Å². The van der Waals surface area contributed by atoms with Crippen LogP contribution in [0.2, 0.25) is 0 Å². The van der Waals surface area contributed by atoms with Crippen molar-refractivity contribution in [2.75, 3.05) is 0 Å². The summed E-state index contributed by atoms with van der Waals surface area (Å²) >= 11 is 0. The molecule has 0 aliphatic heterocycles. The van der Waals surface area contributed by atoms with E-state index in [1.165, 1.54) is 6.07 Å². The molecule has 0 aromatic heterocycles. The number of hydrogen-bond donors (Lipinski definition) is 2. The molecule has 0 fully saturated rings. The second kappa shape index (κ2) is 3.73. The molecule has 0 saturated heterocycles. The molecule has 4 N–H and O–H groups in total. The zero-order valence-electron chi connectivity index (χ0n) is 6.80. The Hall–Kier alpha value is -1.11. The highest BCUT2D eigenvalue weighted by Crippen LogP contribution is 2.17. The van der Waals surface area contributed by atoms with Crippen molar-refractivity contribution in [3.63, 3.8) is 0 Å². The Labute approximate surface area is 76.6 Å². The first-order chi connectivity index (χ1) is 6.03. The van der Waals surface area contributed by atoms with Gasteiger partial charge in [0.25, 0.3) is 0 Å². The van der Waals surface area contributed by atoms with Crippen molar-refractivity contribution >= 4 is 10.3 Å². The van der Waals surface area contributed by atoms with Crippen LogP contribution in [0.15, 0.2) is 24.3 Å². The standard InChI is InChI=1S/C7H10N2O3S/c8-5-6-3-1-2-4-7(6)12-13(9,10)11/h1-4H,5,8H2,(H2,9,10,11). The average molecular weight is 202 g/mol. The lowest BCUT2D eigenvalue weighted by atomic mass is 10.2. The molecule has 0 unspecified atom stereocenters. The number of rotatable bonds is 3. The molecule has 5 nitrogen and oxygen atoms in total. The summed E-state index contributed by atoms with van der Waals surface area (Å²) in [6.45, 7) is 0.200. The van der Waals surface area contributed by atoms with Gasteiger partial charge in [0.2, 0.25) is 0 Å². The maximum absolute atomic E-state index is 10.6. The van der Waals surface area contributed by atoms with E-state index in [1.807, 2.05) is 0 Å². The fourth-order valence-corrected chi connectivity index (χ4v) is 1.29. The van der Waals surface area contributed by atoms with E-state index < -0.39 is 10.3 Å². The van der Waals surface area contributed by atoms with Gasteiger partial charge in [-0.25, -0.2) is 0 Å². The molecule has 0 aliphatic carbocycles. The van der Waals surface area contributed by atoms with Gasteiger partial charge in [0, 0.05) is 12.1 Å². The van der Waals surface area contributed by atoms with Gasteiger partial charge in [-0.2, -0.15) is 13.6 Å². The smallest absolute Gasteiger partial charge is 0.371 e. The van der Waals surface area contributed by atoms with Gasteiger partial charge in [0.15, 0.2) is 0 Å². The van der Waals surface area contributed by atoms with E-state index in [0.717, 1.165) is 0 Å². The van der Waals surface area contributed by atoms with Crippen LogP contribution < -0.4 is 15.1 Å². The maximum Gasteiger partial charge on any atom is 0.380 e. The van der Waals surface area contributed by atoms with E-state index in [2.05, 4.69) is 4.18 Å². The lowest BCUT2D eigenvalue weighted by Gasteiger charge is -2.06. The van der Waals surface area contributed by atoms with Crippen LogP contribution in [-0.4, -0.2) is 8.42 Å². The highest BCUT2D eigenvalue weighted by Gasteiger charge is 2.07. The Balaban J connectivity index is 3.01. The Morgan fingerprint density at radius 3 is 2.46 bits per heavy atom. The summed E-state index contributed by atoms with van der Waals surface area (Å²) in [6, 6.07) is 6.53. The molecular formula is C7H10N2O3S. The van der Waals surface area contributed by atoms with Crippen LogP contribution in [-0.2, 0) is 16.8 Å². The highest BCUT2D eigenvalue weighted by atomic mass is 32.2. The third-order valence-corrected chi connectivity index (χ3v) is 1.81. The van der Waals surface area contributed by atoms with Crippen LogP contribution in [0.25, 0.3) is 0 Å². The second-order valence-corrected chi connectivity index (χ2v) is 3.54. The molecule has 0 atom stereocenters. The molecule has 1 rings (SSSR count). The van der Waals surface area contributed by atoms with Crippen molar-refractivity contribution in [1.82, 2.24) is 0 Å². The predicted octanol–water partition coefficient (Wildman–Crippen LogP) is -0.272. The van der Waals surface area contributed by atoms with Crippen molar-refractivity contribution in [3.8, 4) is 5.75 Å². The van der Waals surface area contributed by atoms with E-state index in [4.69, 9.17) is 10.9 Å².